The monoisotopic (exact) mass is 365 g/mol. The van der Waals surface area contributed by atoms with E-state index in [0.717, 1.165) is 23.0 Å². The van der Waals surface area contributed by atoms with E-state index in [2.05, 4.69) is 46.1 Å². The quantitative estimate of drug-likeness (QED) is 0.811. The molecule has 0 saturated carbocycles. The summed E-state index contributed by atoms with van der Waals surface area (Å²) in [7, 11) is 2.13. The number of nitrogens with zero attached hydrogens (tertiary/aromatic N) is 1. The largest absolute Gasteiger partial charge is 0.508 e. The van der Waals surface area contributed by atoms with Crippen molar-refractivity contribution in [2.45, 2.75) is 18.4 Å². The highest BCUT2D eigenvalue weighted by molar-refractivity contribution is 9.10. The molecule has 0 aromatic heterocycles. The Labute approximate surface area is 138 Å². The van der Waals surface area contributed by atoms with Gasteiger partial charge in [0.05, 0.1) is 0 Å². The normalized spacial score (nSPS) is 22.6. The molecule has 1 N–H and O–H groups in total. The van der Waals surface area contributed by atoms with Crippen molar-refractivity contribution in [2.24, 2.45) is 0 Å². The Hall–Kier alpha value is -1.03. The number of likely N-dealkylation sites (tertiary alicyclic amines) is 1. The number of phenols is 1. The average Bonchev–Trinajstić information content (AvgIpc) is 2.84. The van der Waals surface area contributed by atoms with Crippen molar-refractivity contribution in [3.8, 4) is 5.75 Å². The fraction of sp³-hybridized carbons (Fsp3) is 0.294. The number of hydrogen-bond acceptors (Lipinski definition) is 2. The van der Waals surface area contributed by atoms with Gasteiger partial charge in [0.2, 0.25) is 0 Å². The molecule has 4 heteroatoms. The Morgan fingerprint density at radius 3 is 2.71 bits per heavy atom. The van der Waals surface area contributed by atoms with Crippen LogP contribution in [0.4, 0.5) is 0 Å². The second-order valence-electron chi connectivity index (χ2n) is 5.55. The molecule has 0 amide bonds. The minimum atomic E-state index is 0.241. The van der Waals surface area contributed by atoms with Crippen LogP contribution in [0.2, 0.25) is 5.02 Å². The van der Waals surface area contributed by atoms with Crippen LogP contribution in [0.15, 0.2) is 46.9 Å². The summed E-state index contributed by atoms with van der Waals surface area (Å²) in [6.45, 7) is 1.00. The SMILES string of the molecule is CN1CCC(c2cc(Cl)ccc2O)C1c1ccccc1Br. The molecule has 1 heterocycles. The summed E-state index contributed by atoms with van der Waals surface area (Å²) in [5, 5.41) is 10.9. The van der Waals surface area contributed by atoms with E-state index >= 15 is 0 Å². The van der Waals surface area contributed by atoms with Crippen LogP contribution in [0.3, 0.4) is 0 Å². The molecule has 1 aliphatic rings. The fourth-order valence-electron chi connectivity index (χ4n) is 3.26. The predicted molar refractivity (Wildman–Crippen MR) is 90.0 cm³/mol. The average molecular weight is 367 g/mol. The highest BCUT2D eigenvalue weighted by Crippen LogP contribution is 2.47. The Bertz CT molecular complexity index is 661. The first kappa shape index (κ1) is 14.9. The van der Waals surface area contributed by atoms with Crippen molar-refractivity contribution in [3.63, 3.8) is 0 Å². The molecule has 0 spiro atoms. The second-order valence-corrected chi connectivity index (χ2v) is 6.84. The van der Waals surface area contributed by atoms with Gasteiger partial charge in [-0.15, -0.1) is 0 Å². The lowest BCUT2D eigenvalue weighted by Crippen LogP contribution is -2.21. The summed E-state index contributed by atoms with van der Waals surface area (Å²) in [5.41, 5.74) is 2.19. The first-order chi connectivity index (χ1) is 10.1. The summed E-state index contributed by atoms with van der Waals surface area (Å²) in [6.07, 6.45) is 1.01. The summed E-state index contributed by atoms with van der Waals surface area (Å²) >= 11 is 9.77. The minimum absolute atomic E-state index is 0.241. The van der Waals surface area contributed by atoms with Crippen molar-refractivity contribution in [1.29, 1.82) is 0 Å². The van der Waals surface area contributed by atoms with Crippen LogP contribution in [0.25, 0.3) is 0 Å². The molecular formula is C17H17BrClNO. The van der Waals surface area contributed by atoms with Crippen molar-refractivity contribution < 1.29 is 5.11 Å². The molecule has 0 radical (unpaired) electrons. The smallest absolute Gasteiger partial charge is 0.119 e. The molecule has 1 saturated heterocycles. The van der Waals surface area contributed by atoms with Gasteiger partial charge in [-0.1, -0.05) is 45.7 Å². The first-order valence-electron chi connectivity index (χ1n) is 7.01. The lowest BCUT2D eigenvalue weighted by molar-refractivity contribution is 0.300. The zero-order valence-corrected chi connectivity index (χ0v) is 14.1. The van der Waals surface area contributed by atoms with E-state index in [-0.39, 0.29) is 12.0 Å². The molecule has 2 aromatic carbocycles. The van der Waals surface area contributed by atoms with Crippen LogP contribution in [-0.4, -0.2) is 23.6 Å². The van der Waals surface area contributed by atoms with Gasteiger partial charge < -0.3 is 5.11 Å². The second kappa shape index (κ2) is 5.99. The van der Waals surface area contributed by atoms with E-state index in [4.69, 9.17) is 11.6 Å². The van der Waals surface area contributed by atoms with E-state index in [9.17, 15) is 5.11 Å². The third-order valence-electron chi connectivity index (χ3n) is 4.26. The number of likely N-dealkylation sites (N-methyl/N-ethyl adjacent to an activating group) is 1. The van der Waals surface area contributed by atoms with Crippen molar-refractivity contribution >= 4 is 27.5 Å². The van der Waals surface area contributed by atoms with E-state index in [0.29, 0.717) is 10.8 Å². The van der Waals surface area contributed by atoms with Crippen LogP contribution >= 0.6 is 27.5 Å². The fourth-order valence-corrected chi connectivity index (χ4v) is 3.96. The van der Waals surface area contributed by atoms with Crippen LogP contribution in [0, 0.1) is 0 Å². The molecule has 0 bridgehead atoms. The molecule has 1 aliphatic heterocycles. The number of aromatic hydroxyl groups is 1. The van der Waals surface area contributed by atoms with Gasteiger partial charge in [0.15, 0.2) is 0 Å². The number of phenolic OH excluding ortho intramolecular Hbond substituents is 1. The van der Waals surface area contributed by atoms with Gasteiger partial charge in [0.25, 0.3) is 0 Å². The van der Waals surface area contributed by atoms with E-state index < -0.39 is 0 Å². The highest BCUT2D eigenvalue weighted by atomic mass is 79.9. The Kier molecular flexibility index (Phi) is 4.25. The topological polar surface area (TPSA) is 23.5 Å². The maximum Gasteiger partial charge on any atom is 0.119 e. The van der Waals surface area contributed by atoms with Gasteiger partial charge in [-0.25, -0.2) is 0 Å². The number of hydrogen-bond donors (Lipinski definition) is 1. The zero-order valence-electron chi connectivity index (χ0n) is 11.8. The van der Waals surface area contributed by atoms with Gasteiger partial charge >= 0.3 is 0 Å². The maximum atomic E-state index is 10.2. The summed E-state index contributed by atoms with van der Waals surface area (Å²) in [4.78, 5) is 2.34. The van der Waals surface area contributed by atoms with Crippen molar-refractivity contribution in [3.05, 3.63) is 63.1 Å². The lowest BCUT2D eigenvalue weighted by atomic mass is 9.87. The van der Waals surface area contributed by atoms with Gasteiger partial charge in [0, 0.05) is 27.0 Å². The molecule has 2 aromatic rings. The van der Waals surface area contributed by atoms with Crippen LogP contribution < -0.4 is 0 Å². The summed E-state index contributed by atoms with van der Waals surface area (Å²) < 4.78 is 1.11. The van der Waals surface area contributed by atoms with Gasteiger partial charge in [0.1, 0.15) is 5.75 Å². The van der Waals surface area contributed by atoms with Crippen LogP contribution in [-0.2, 0) is 0 Å². The van der Waals surface area contributed by atoms with Gasteiger partial charge in [-0.3, -0.25) is 4.90 Å². The molecule has 0 aliphatic carbocycles. The van der Waals surface area contributed by atoms with Crippen LogP contribution in [0.1, 0.15) is 29.5 Å². The van der Waals surface area contributed by atoms with E-state index in [1.54, 1.807) is 12.1 Å². The molecule has 3 rings (SSSR count). The number of rotatable bonds is 2. The molecule has 21 heavy (non-hydrogen) atoms. The summed E-state index contributed by atoms with van der Waals surface area (Å²) in [5.74, 6) is 0.573. The van der Waals surface area contributed by atoms with Crippen LogP contribution in [0.5, 0.6) is 5.75 Å². The third-order valence-corrected chi connectivity index (χ3v) is 5.22. The Morgan fingerprint density at radius 1 is 1.19 bits per heavy atom. The molecule has 1 fully saturated rings. The molecule has 2 atom stereocenters. The lowest BCUT2D eigenvalue weighted by Gasteiger charge is -2.27. The standard InChI is InChI=1S/C17H17BrClNO/c1-20-9-8-12(14-10-11(19)6-7-16(14)21)17(20)13-4-2-3-5-15(13)18/h2-7,10,12,17,21H,8-9H2,1H3. The van der Waals surface area contributed by atoms with E-state index in [1.807, 2.05) is 12.1 Å². The van der Waals surface area contributed by atoms with Gasteiger partial charge in [-0.05, 0) is 49.8 Å². The van der Waals surface area contributed by atoms with Gasteiger partial charge in [-0.2, -0.15) is 0 Å². The van der Waals surface area contributed by atoms with Crippen molar-refractivity contribution in [2.75, 3.05) is 13.6 Å². The number of benzene rings is 2. The zero-order chi connectivity index (χ0) is 15.0. The molecule has 110 valence electrons. The highest BCUT2D eigenvalue weighted by Gasteiger charge is 2.36. The summed E-state index contributed by atoms with van der Waals surface area (Å²) in [6, 6.07) is 13.8. The Balaban J connectivity index is 2.06. The first-order valence-corrected chi connectivity index (χ1v) is 8.18. The van der Waals surface area contributed by atoms with E-state index in [1.165, 1.54) is 5.56 Å². The van der Waals surface area contributed by atoms with Crippen molar-refractivity contribution in [1.82, 2.24) is 4.90 Å². The predicted octanol–water partition coefficient (Wildman–Crippen LogP) is 4.97. The minimum Gasteiger partial charge on any atom is -0.508 e. The third kappa shape index (κ3) is 2.83. The maximum absolute atomic E-state index is 10.2. The molecule has 2 unspecified atom stereocenters. The molecular weight excluding hydrogens is 350 g/mol. The number of halogens is 2. The Morgan fingerprint density at radius 2 is 1.95 bits per heavy atom. The molecule has 2 nitrogen and oxygen atoms in total.